The van der Waals surface area contributed by atoms with Crippen LogP contribution in [0.25, 0.3) is 0 Å². The van der Waals surface area contributed by atoms with Crippen molar-refractivity contribution < 1.29 is 14.3 Å². The van der Waals surface area contributed by atoms with Crippen LogP contribution in [0.4, 0.5) is 0 Å². The molecule has 0 aliphatic carbocycles. The average Bonchev–Trinajstić information content (AvgIpc) is 2.52. The number of rotatable bonds is 6. The van der Waals surface area contributed by atoms with E-state index >= 15 is 0 Å². The summed E-state index contributed by atoms with van der Waals surface area (Å²) in [6, 6.07) is 7.36. The second kappa shape index (κ2) is 9.60. The summed E-state index contributed by atoms with van der Waals surface area (Å²) in [6.07, 6.45) is 0.859. The van der Waals surface area contributed by atoms with Crippen LogP contribution in [0.3, 0.4) is 0 Å². The average molecular weight is 315 g/mol. The quantitative estimate of drug-likeness (QED) is 0.810. The molecule has 6 heteroatoms. The van der Waals surface area contributed by atoms with Crippen LogP contribution in [0.15, 0.2) is 24.3 Å². The Balaban J connectivity index is 0.00000220. The Labute approximate surface area is 132 Å². The highest BCUT2D eigenvalue weighted by molar-refractivity contribution is 5.94. The van der Waals surface area contributed by atoms with Gasteiger partial charge in [0.1, 0.15) is 5.75 Å². The molecule has 1 amide bonds. The molecule has 0 bridgehead atoms. The van der Waals surface area contributed by atoms with Gasteiger partial charge in [-0.1, -0.05) is 0 Å². The molecule has 21 heavy (non-hydrogen) atoms. The molecule has 1 aliphatic heterocycles. The Bertz CT molecular complexity index is 419. The SMILES string of the molecule is COCCCOc1ccc(C(=O)N2CCNCC2)cc1.Cl. The third kappa shape index (κ3) is 5.53. The van der Waals surface area contributed by atoms with E-state index in [0.717, 1.165) is 43.9 Å². The number of piperazine rings is 1. The van der Waals surface area contributed by atoms with Gasteiger partial charge in [-0.3, -0.25) is 4.79 Å². The normalized spacial score (nSPS) is 14.4. The minimum absolute atomic E-state index is 0. The predicted molar refractivity (Wildman–Crippen MR) is 84.5 cm³/mol. The molecule has 0 atom stereocenters. The summed E-state index contributed by atoms with van der Waals surface area (Å²) in [6.45, 7) is 4.60. The van der Waals surface area contributed by atoms with Gasteiger partial charge in [0, 0.05) is 51.9 Å². The third-order valence-electron chi connectivity index (χ3n) is 3.27. The van der Waals surface area contributed by atoms with Crippen LogP contribution in [0.5, 0.6) is 5.75 Å². The molecule has 0 unspecified atom stereocenters. The molecule has 0 aromatic heterocycles. The van der Waals surface area contributed by atoms with Gasteiger partial charge in [0.15, 0.2) is 0 Å². The van der Waals surface area contributed by atoms with Gasteiger partial charge in [-0.05, 0) is 24.3 Å². The predicted octanol–water partition coefficient (Wildman–Crippen LogP) is 1.57. The molecule has 118 valence electrons. The number of amides is 1. The molecule has 1 fully saturated rings. The van der Waals surface area contributed by atoms with Crippen molar-refractivity contribution in [3.8, 4) is 5.75 Å². The van der Waals surface area contributed by atoms with Crippen molar-refractivity contribution in [2.75, 3.05) is 46.5 Å². The van der Waals surface area contributed by atoms with Crippen LogP contribution in [0, 0.1) is 0 Å². The molecule has 0 spiro atoms. The van der Waals surface area contributed by atoms with E-state index in [0.29, 0.717) is 13.2 Å². The van der Waals surface area contributed by atoms with Crippen LogP contribution in [-0.4, -0.2) is 57.3 Å². The second-order valence-corrected chi connectivity index (χ2v) is 4.76. The first-order valence-electron chi connectivity index (χ1n) is 7.03. The lowest BCUT2D eigenvalue weighted by atomic mass is 10.2. The van der Waals surface area contributed by atoms with Gasteiger partial charge in [-0.15, -0.1) is 12.4 Å². The van der Waals surface area contributed by atoms with Crippen LogP contribution >= 0.6 is 12.4 Å². The van der Waals surface area contributed by atoms with E-state index in [2.05, 4.69) is 5.32 Å². The number of carbonyl (C=O) groups is 1. The molecule has 1 aliphatic rings. The Kier molecular flexibility index (Phi) is 8.12. The van der Waals surface area contributed by atoms with E-state index in [4.69, 9.17) is 9.47 Å². The number of nitrogens with one attached hydrogen (secondary N) is 1. The van der Waals surface area contributed by atoms with Crippen LogP contribution in [0.2, 0.25) is 0 Å². The zero-order chi connectivity index (χ0) is 14.2. The highest BCUT2D eigenvalue weighted by atomic mass is 35.5. The number of nitrogens with zero attached hydrogens (tertiary/aromatic N) is 1. The second-order valence-electron chi connectivity index (χ2n) is 4.76. The lowest BCUT2D eigenvalue weighted by molar-refractivity contribution is 0.0736. The summed E-state index contributed by atoms with van der Waals surface area (Å²) in [4.78, 5) is 14.1. The smallest absolute Gasteiger partial charge is 0.253 e. The van der Waals surface area contributed by atoms with Crippen molar-refractivity contribution >= 4 is 18.3 Å². The first-order chi connectivity index (χ1) is 9.81. The molecule has 0 saturated carbocycles. The molecule has 1 N–H and O–H groups in total. The van der Waals surface area contributed by atoms with Crippen LogP contribution < -0.4 is 10.1 Å². The fourth-order valence-electron chi connectivity index (χ4n) is 2.14. The molecule has 0 radical (unpaired) electrons. The Hall–Kier alpha value is -1.30. The fraction of sp³-hybridized carbons (Fsp3) is 0.533. The number of hydrogen-bond donors (Lipinski definition) is 1. The van der Waals surface area contributed by atoms with Gasteiger partial charge in [0.25, 0.3) is 5.91 Å². The first kappa shape index (κ1) is 17.8. The zero-order valence-electron chi connectivity index (χ0n) is 12.3. The van der Waals surface area contributed by atoms with Crippen molar-refractivity contribution in [1.29, 1.82) is 0 Å². The topological polar surface area (TPSA) is 50.8 Å². The van der Waals surface area contributed by atoms with E-state index in [1.54, 1.807) is 7.11 Å². The molecular weight excluding hydrogens is 292 g/mol. The monoisotopic (exact) mass is 314 g/mol. The van der Waals surface area contributed by atoms with E-state index < -0.39 is 0 Å². The van der Waals surface area contributed by atoms with Crippen LogP contribution in [-0.2, 0) is 4.74 Å². The van der Waals surface area contributed by atoms with Gasteiger partial charge in [-0.25, -0.2) is 0 Å². The molecule has 1 heterocycles. The zero-order valence-corrected chi connectivity index (χ0v) is 13.2. The summed E-state index contributed by atoms with van der Waals surface area (Å²) in [7, 11) is 1.68. The molecule has 2 rings (SSSR count). The van der Waals surface area contributed by atoms with Gasteiger partial charge in [0.05, 0.1) is 6.61 Å². The van der Waals surface area contributed by atoms with Crippen molar-refractivity contribution in [2.24, 2.45) is 0 Å². The summed E-state index contributed by atoms with van der Waals surface area (Å²) in [5.74, 6) is 0.885. The first-order valence-corrected chi connectivity index (χ1v) is 7.03. The van der Waals surface area contributed by atoms with Gasteiger partial charge in [-0.2, -0.15) is 0 Å². The number of halogens is 1. The van der Waals surface area contributed by atoms with Gasteiger partial charge < -0.3 is 19.7 Å². The summed E-state index contributed by atoms with van der Waals surface area (Å²) < 4.78 is 10.5. The molecule has 1 aromatic carbocycles. The molecule has 5 nitrogen and oxygen atoms in total. The maximum Gasteiger partial charge on any atom is 0.253 e. The fourth-order valence-corrected chi connectivity index (χ4v) is 2.14. The third-order valence-corrected chi connectivity index (χ3v) is 3.27. The Morgan fingerprint density at radius 1 is 1.19 bits per heavy atom. The van der Waals surface area contributed by atoms with Crippen molar-refractivity contribution in [3.05, 3.63) is 29.8 Å². The lowest BCUT2D eigenvalue weighted by Crippen LogP contribution is -2.46. The Morgan fingerprint density at radius 2 is 1.86 bits per heavy atom. The standard InChI is InChI=1S/C15H22N2O3.ClH/c1-19-11-2-12-20-14-5-3-13(4-6-14)15(18)17-9-7-16-8-10-17;/h3-6,16H,2,7-12H2,1H3;1H. The summed E-state index contributed by atoms with van der Waals surface area (Å²) in [5.41, 5.74) is 0.719. The largest absolute Gasteiger partial charge is 0.494 e. The summed E-state index contributed by atoms with van der Waals surface area (Å²) >= 11 is 0. The van der Waals surface area contributed by atoms with E-state index in [1.165, 1.54) is 0 Å². The highest BCUT2D eigenvalue weighted by Gasteiger charge is 2.17. The maximum atomic E-state index is 12.3. The van der Waals surface area contributed by atoms with E-state index in [9.17, 15) is 4.79 Å². The minimum Gasteiger partial charge on any atom is -0.494 e. The number of carbonyl (C=O) groups excluding carboxylic acids is 1. The molecular formula is C15H23ClN2O3. The molecule has 1 aromatic rings. The van der Waals surface area contributed by atoms with Gasteiger partial charge in [0.2, 0.25) is 0 Å². The number of benzene rings is 1. The number of hydrogen-bond acceptors (Lipinski definition) is 4. The minimum atomic E-state index is 0. The number of ether oxygens (including phenoxy) is 2. The summed E-state index contributed by atoms with van der Waals surface area (Å²) in [5, 5.41) is 3.24. The van der Waals surface area contributed by atoms with Crippen LogP contribution in [0.1, 0.15) is 16.8 Å². The van der Waals surface area contributed by atoms with Crippen molar-refractivity contribution in [2.45, 2.75) is 6.42 Å². The molecule has 1 saturated heterocycles. The van der Waals surface area contributed by atoms with Crippen molar-refractivity contribution in [1.82, 2.24) is 10.2 Å². The van der Waals surface area contributed by atoms with E-state index in [1.807, 2.05) is 29.2 Å². The maximum absolute atomic E-state index is 12.3. The van der Waals surface area contributed by atoms with Crippen molar-refractivity contribution in [3.63, 3.8) is 0 Å². The Morgan fingerprint density at radius 3 is 2.48 bits per heavy atom. The lowest BCUT2D eigenvalue weighted by Gasteiger charge is -2.27. The van der Waals surface area contributed by atoms with Gasteiger partial charge >= 0.3 is 0 Å². The number of methoxy groups -OCH3 is 1. The van der Waals surface area contributed by atoms with E-state index in [-0.39, 0.29) is 18.3 Å². The highest BCUT2D eigenvalue weighted by Crippen LogP contribution is 2.14.